The van der Waals surface area contributed by atoms with E-state index in [1.54, 1.807) is 0 Å². The van der Waals surface area contributed by atoms with E-state index in [1.165, 1.54) is 0 Å². The van der Waals surface area contributed by atoms with Gasteiger partial charge in [0.05, 0.1) is 17.1 Å². The first-order chi connectivity index (χ1) is 8.33. The largest absolute Gasteiger partial charge is 0.388 e. The highest BCUT2D eigenvalue weighted by Crippen LogP contribution is 2.53. The van der Waals surface area contributed by atoms with E-state index in [0.29, 0.717) is 25.7 Å². The number of Topliss-reactive ketones (excluding diaryl/α,β-unsaturated/α-hetero) is 1. The van der Waals surface area contributed by atoms with Crippen molar-refractivity contribution in [2.45, 2.75) is 70.8 Å². The molecular weight excluding hydrogens is 226 g/mol. The third kappa shape index (κ3) is 2.19. The average molecular weight is 249 g/mol. The van der Waals surface area contributed by atoms with E-state index in [1.807, 2.05) is 0 Å². The molecule has 0 aliphatic heterocycles. The van der Waals surface area contributed by atoms with Gasteiger partial charge >= 0.3 is 0 Å². The fraction of sp³-hybridized carbons (Fsp3) is 0.867. The van der Waals surface area contributed by atoms with Crippen molar-refractivity contribution in [1.82, 2.24) is 0 Å². The number of rotatable bonds is 1. The molecule has 0 aromatic heterocycles. The van der Waals surface area contributed by atoms with Crippen molar-refractivity contribution in [3.63, 3.8) is 0 Å². The van der Waals surface area contributed by atoms with Gasteiger partial charge in [-0.3, -0.25) is 4.79 Å². The van der Waals surface area contributed by atoms with Gasteiger partial charge in [-0.05, 0) is 43.9 Å². The maximum Gasteiger partial charge on any atom is 0.133 e. The van der Waals surface area contributed by atoms with Crippen LogP contribution in [0.2, 0.25) is 0 Å². The number of carbonyl (C=O) groups excluding carboxylic acids is 1. The van der Waals surface area contributed by atoms with Crippen LogP contribution < -0.4 is 0 Å². The first-order valence-electron chi connectivity index (χ1n) is 6.98. The van der Waals surface area contributed by atoms with Crippen LogP contribution in [0.4, 0.5) is 0 Å². The van der Waals surface area contributed by atoms with Crippen molar-refractivity contribution in [2.75, 3.05) is 0 Å². The monoisotopic (exact) mass is 249 g/mol. The minimum atomic E-state index is -0.938. The van der Waals surface area contributed by atoms with E-state index in [2.05, 4.69) is 19.9 Å². The van der Waals surface area contributed by atoms with Crippen LogP contribution in [0.3, 0.4) is 0 Å². The molecule has 0 aromatic carbocycles. The van der Waals surface area contributed by atoms with Crippen molar-refractivity contribution in [3.8, 4) is 6.07 Å². The van der Waals surface area contributed by atoms with Crippen LogP contribution in [0.15, 0.2) is 0 Å². The van der Waals surface area contributed by atoms with Crippen molar-refractivity contribution in [2.24, 2.45) is 10.8 Å². The van der Waals surface area contributed by atoms with Gasteiger partial charge in [-0.25, -0.2) is 0 Å². The predicted molar refractivity (Wildman–Crippen MR) is 68.7 cm³/mol. The molecule has 0 amide bonds. The SMILES string of the molecule is CC1(C)CCC(C#N)(C2(O)CCC(=O)CC2)CC1. The molecule has 0 saturated heterocycles. The van der Waals surface area contributed by atoms with Crippen LogP contribution in [-0.4, -0.2) is 16.5 Å². The molecule has 0 unspecified atom stereocenters. The number of aliphatic hydroxyl groups is 1. The Morgan fingerprint density at radius 1 is 1.06 bits per heavy atom. The number of hydrogen-bond donors (Lipinski definition) is 1. The van der Waals surface area contributed by atoms with Gasteiger partial charge in [-0.1, -0.05) is 13.8 Å². The fourth-order valence-electron chi connectivity index (χ4n) is 3.46. The van der Waals surface area contributed by atoms with Gasteiger partial charge in [0.15, 0.2) is 0 Å². The van der Waals surface area contributed by atoms with Crippen LogP contribution in [-0.2, 0) is 4.79 Å². The third-order valence-corrected chi connectivity index (χ3v) is 5.20. The Balaban J connectivity index is 2.19. The van der Waals surface area contributed by atoms with Gasteiger partial charge in [-0.15, -0.1) is 0 Å². The number of nitriles is 1. The number of hydrogen-bond acceptors (Lipinski definition) is 3. The van der Waals surface area contributed by atoms with E-state index in [9.17, 15) is 15.2 Å². The Hall–Kier alpha value is -0.880. The summed E-state index contributed by atoms with van der Waals surface area (Å²) < 4.78 is 0. The van der Waals surface area contributed by atoms with Crippen molar-refractivity contribution in [1.29, 1.82) is 5.26 Å². The van der Waals surface area contributed by atoms with E-state index in [0.717, 1.165) is 25.7 Å². The van der Waals surface area contributed by atoms with Crippen LogP contribution in [0.5, 0.6) is 0 Å². The van der Waals surface area contributed by atoms with Crippen LogP contribution in [0, 0.1) is 22.2 Å². The molecule has 2 aliphatic carbocycles. The second-order valence-corrected chi connectivity index (χ2v) is 6.93. The maximum atomic E-state index is 11.3. The molecule has 100 valence electrons. The summed E-state index contributed by atoms with van der Waals surface area (Å²) in [5.74, 6) is 0.226. The summed E-state index contributed by atoms with van der Waals surface area (Å²) in [6, 6.07) is 2.42. The topological polar surface area (TPSA) is 61.1 Å². The molecule has 0 radical (unpaired) electrons. The second-order valence-electron chi connectivity index (χ2n) is 6.93. The highest BCUT2D eigenvalue weighted by molar-refractivity contribution is 5.79. The normalized spacial score (nSPS) is 29.6. The molecular formula is C15H23NO2. The Labute approximate surface area is 109 Å². The van der Waals surface area contributed by atoms with E-state index in [-0.39, 0.29) is 11.2 Å². The highest BCUT2D eigenvalue weighted by atomic mass is 16.3. The summed E-state index contributed by atoms with van der Waals surface area (Å²) in [5, 5.41) is 20.5. The van der Waals surface area contributed by atoms with Gasteiger partial charge < -0.3 is 5.11 Å². The molecule has 2 rings (SSSR count). The molecule has 1 N–H and O–H groups in total. The van der Waals surface area contributed by atoms with Gasteiger partial charge in [0.25, 0.3) is 0 Å². The highest BCUT2D eigenvalue weighted by Gasteiger charge is 2.54. The smallest absolute Gasteiger partial charge is 0.133 e. The Bertz CT molecular complexity index is 372. The van der Waals surface area contributed by atoms with Crippen LogP contribution in [0.25, 0.3) is 0 Å². The van der Waals surface area contributed by atoms with Crippen molar-refractivity contribution in [3.05, 3.63) is 0 Å². The molecule has 0 aromatic rings. The molecule has 0 bridgehead atoms. The van der Waals surface area contributed by atoms with E-state index >= 15 is 0 Å². The molecule has 0 spiro atoms. The molecule has 0 heterocycles. The first-order valence-corrected chi connectivity index (χ1v) is 6.98. The lowest BCUT2D eigenvalue weighted by Gasteiger charge is -2.49. The maximum absolute atomic E-state index is 11.3. The Kier molecular flexibility index (Phi) is 3.27. The minimum absolute atomic E-state index is 0.226. The summed E-state index contributed by atoms with van der Waals surface area (Å²) in [7, 11) is 0. The van der Waals surface area contributed by atoms with Crippen LogP contribution in [0.1, 0.15) is 65.2 Å². The van der Waals surface area contributed by atoms with Gasteiger partial charge in [0.1, 0.15) is 5.78 Å². The zero-order valence-corrected chi connectivity index (χ0v) is 11.5. The molecule has 3 heteroatoms. The molecule has 2 saturated carbocycles. The predicted octanol–water partition coefficient (Wildman–Crippen LogP) is 2.97. The van der Waals surface area contributed by atoms with E-state index < -0.39 is 11.0 Å². The summed E-state index contributed by atoms with van der Waals surface area (Å²) in [6.07, 6.45) is 5.31. The molecule has 3 nitrogen and oxygen atoms in total. The van der Waals surface area contributed by atoms with Crippen LogP contribution >= 0.6 is 0 Å². The van der Waals surface area contributed by atoms with Crippen molar-refractivity contribution >= 4 is 5.78 Å². The number of ketones is 1. The molecule has 2 fully saturated rings. The average Bonchev–Trinajstić information content (AvgIpc) is 2.34. The fourth-order valence-corrected chi connectivity index (χ4v) is 3.46. The quantitative estimate of drug-likeness (QED) is 0.777. The Morgan fingerprint density at radius 2 is 1.56 bits per heavy atom. The minimum Gasteiger partial charge on any atom is -0.388 e. The van der Waals surface area contributed by atoms with Gasteiger partial charge in [0.2, 0.25) is 0 Å². The lowest BCUT2D eigenvalue weighted by atomic mass is 9.56. The number of carbonyl (C=O) groups is 1. The van der Waals surface area contributed by atoms with Crippen molar-refractivity contribution < 1.29 is 9.90 Å². The van der Waals surface area contributed by atoms with Gasteiger partial charge in [0, 0.05) is 12.8 Å². The molecule has 2 aliphatic rings. The second kappa shape index (κ2) is 4.35. The summed E-state index contributed by atoms with van der Waals surface area (Å²) in [5.41, 5.74) is -1.28. The summed E-state index contributed by atoms with van der Waals surface area (Å²) >= 11 is 0. The summed E-state index contributed by atoms with van der Waals surface area (Å²) in [6.45, 7) is 4.45. The lowest BCUT2D eigenvalue weighted by molar-refractivity contribution is -0.137. The third-order valence-electron chi connectivity index (χ3n) is 5.20. The van der Waals surface area contributed by atoms with Gasteiger partial charge in [-0.2, -0.15) is 5.26 Å². The molecule has 0 atom stereocenters. The van der Waals surface area contributed by atoms with E-state index in [4.69, 9.17) is 0 Å². The summed E-state index contributed by atoms with van der Waals surface area (Å²) in [4.78, 5) is 11.3. The zero-order chi connectivity index (χ0) is 13.4. The number of nitrogens with zero attached hydrogens (tertiary/aromatic N) is 1. The standard InChI is InChI=1S/C15H23NO2/c1-13(2)7-9-14(11-16,10-8-13)15(18)5-3-12(17)4-6-15/h18H,3-10H2,1-2H3. The lowest BCUT2D eigenvalue weighted by Crippen LogP contribution is -2.52. The zero-order valence-electron chi connectivity index (χ0n) is 11.5. The first kappa shape index (κ1) is 13.5. The Morgan fingerprint density at radius 3 is 2.00 bits per heavy atom. The molecule has 18 heavy (non-hydrogen) atoms.